The van der Waals surface area contributed by atoms with Gasteiger partial charge in [0, 0.05) is 11.6 Å². The van der Waals surface area contributed by atoms with Gasteiger partial charge in [-0.3, -0.25) is 0 Å². The summed E-state index contributed by atoms with van der Waals surface area (Å²) in [6.07, 6.45) is 3.13. The van der Waals surface area contributed by atoms with Gasteiger partial charge in [-0.2, -0.15) is 5.10 Å². The van der Waals surface area contributed by atoms with Crippen LogP contribution < -0.4 is 5.73 Å². The number of benzene rings is 1. The second-order valence-corrected chi connectivity index (χ2v) is 3.56. The van der Waals surface area contributed by atoms with Crippen molar-refractivity contribution in [3.05, 3.63) is 47.5 Å². The van der Waals surface area contributed by atoms with Crippen LogP contribution in [0.15, 0.2) is 36.9 Å². The molecule has 0 aliphatic rings. The van der Waals surface area contributed by atoms with Crippen molar-refractivity contribution < 1.29 is 0 Å². The Hall–Kier alpha value is -1.39. The number of halogens is 1. The maximum absolute atomic E-state index is 6.10. The predicted molar refractivity (Wildman–Crippen MR) is 58.7 cm³/mol. The molecule has 0 radical (unpaired) electrons. The van der Waals surface area contributed by atoms with Gasteiger partial charge >= 0.3 is 0 Å². The quantitative estimate of drug-likeness (QED) is 0.856. The average molecular weight is 223 g/mol. The lowest BCUT2D eigenvalue weighted by Gasteiger charge is -2.16. The third-order valence-electron chi connectivity index (χ3n) is 2.24. The van der Waals surface area contributed by atoms with Gasteiger partial charge in [-0.05, 0) is 11.6 Å². The highest BCUT2D eigenvalue weighted by atomic mass is 35.5. The molecule has 0 aliphatic carbocycles. The van der Waals surface area contributed by atoms with Crippen molar-refractivity contribution in [1.29, 1.82) is 0 Å². The molecule has 0 aliphatic heterocycles. The summed E-state index contributed by atoms with van der Waals surface area (Å²) in [5.41, 5.74) is 6.68. The molecule has 0 saturated carbocycles. The minimum Gasteiger partial charge on any atom is -0.328 e. The Morgan fingerprint density at radius 1 is 1.40 bits per heavy atom. The fourth-order valence-electron chi connectivity index (χ4n) is 1.50. The molecule has 1 aromatic heterocycles. The van der Waals surface area contributed by atoms with E-state index in [-0.39, 0.29) is 6.04 Å². The van der Waals surface area contributed by atoms with Gasteiger partial charge in [0.05, 0.1) is 6.04 Å². The van der Waals surface area contributed by atoms with Gasteiger partial charge in [-0.25, -0.2) is 9.67 Å². The lowest BCUT2D eigenvalue weighted by Crippen LogP contribution is -2.21. The molecule has 1 atom stereocenters. The van der Waals surface area contributed by atoms with Crippen LogP contribution in [0, 0.1) is 0 Å². The first-order chi connectivity index (χ1) is 7.33. The molecule has 0 fully saturated rings. The molecule has 2 aromatic rings. The molecule has 1 heterocycles. The van der Waals surface area contributed by atoms with Gasteiger partial charge in [0.25, 0.3) is 0 Å². The van der Waals surface area contributed by atoms with Crippen LogP contribution in [0.4, 0.5) is 0 Å². The van der Waals surface area contributed by atoms with E-state index in [1.54, 1.807) is 11.0 Å². The van der Waals surface area contributed by atoms with E-state index in [4.69, 9.17) is 17.3 Å². The topological polar surface area (TPSA) is 56.7 Å². The van der Waals surface area contributed by atoms with Crippen molar-refractivity contribution in [2.75, 3.05) is 6.54 Å². The minimum atomic E-state index is -0.0544. The molecular formula is C10H11ClN4. The molecule has 1 aromatic carbocycles. The second kappa shape index (κ2) is 4.42. The largest absolute Gasteiger partial charge is 0.328 e. The zero-order valence-electron chi connectivity index (χ0n) is 8.05. The van der Waals surface area contributed by atoms with E-state index in [9.17, 15) is 0 Å². The van der Waals surface area contributed by atoms with Crippen LogP contribution in [-0.2, 0) is 0 Å². The van der Waals surface area contributed by atoms with E-state index in [2.05, 4.69) is 10.1 Å². The van der Waals surface area contributed by atoms with Crippen LogP contribution in [0.3, 0.4) is 0 Å². The van der Waals surface area contributed by atoms with Crippen molar-refractivity contribution in [1.82, 2.24) is 14.8 Å². The minimum absolute atomic E-state index is 0.0544. The predicted octanol–water partition coefficient (Wildman–Crippen LogP) is 1.48. The third-order valence-corrected chi connectivity index (χ3v) is 2.59. The van der Waals surface area contributed by atoms with E-state index in [1.807, 2.05) is 24.3 Å². The van der Waals surface area contributed by atoms with Crippen LogP contribution in [0.1, 0.15) is 11.6 Å². The normalized spacial score (nSPS) is 12.7. The molecule has 1 unspecified atom stereocenters. The smallest absolute Gasteiger partial charge is 0.137 e. The monoisotopic (exact) mass is 222 g/mol. The molecular weight excluding hydrogens is 212 g/mol. The highest BCUT2D eigenvalue weighted by Gasteiger charge is 2.14. The van der Waals surface area contributed by atoms with Gasteiger partial charge in [-0.15, -0.1) is 0 Å². The average Bonchev–Trinajstić information content (AvgIpc) is 2.75. The van der Waals surface area contributed by atoms with Gasteiger partial charge < -0.3 is 5.73 Å². The summed E-state index contributed by atoms with van der Waals surface area (Å²) in [4.78, 5) is 3.90. The van der Waals surface area contributed by atoms with Crippen LogP contribution in [0.5, 0.6) is 0 Å². The lowest BCUT2D eigenvalue weighted by atomic mass is 10.1. The molecule has 5 heteroatoms. The van der Waals surface area contributed by atoms with Gasteiger partial charge in [0.2, 0.25) is 0 Å². The SMILES string of the molecule is NCC(c1ccccc1Cl)n1cncn1. The summed E-state index contributed by atoms with van der Waals surface area (Å²) in [6, 6.07) is 7.56. The molecule has 0 amide bonds. The summed E-state index contributed by atoms with van der Waals surface area (Å²) in [7, 11) is 0. The zero-order chi connectivity index (χ0) is 10.7. The first kappa shape index (κ1) is 10.1. The lowest BCUT2D eigenvalue weighted by molar-refractivity contribution is 0.530. The zero-order valence-corrected chi connectivity index (χ0v) is 8.80. The van der Waals surface area contributed by atoms with Gasteiger partial charge in [-0.1, -0.05) is 29.8 Å². The number of aromatic nitrogens is 3. The highest BCUT2D eigenvalue weighted by molar-refractivity contribution is 6.31. The Bertz CT molecular complexity index is 427. The number of hydrogen-bond donors (Lipinski definition) is 1. The number of hydrogen-bond acceptors (Lipinski definition) is 3. The first-order valence-electron chi connectivity index (χ1n) is 4.61. The van der Waals surface area contributed by atoms with Crippen molar-refractivity contribution in [3.8, 4) is 0 Å². The summed E-state index contributed by atoms with van der Waals surface area (Å²) < 4.78 is 1.71. The molecule has 4 nitrogen and oxygen atoms in total. The Balaban J connectivity index is 2.40. The van der Waals surface area contributed by atoms with Crippen LogP contribution in [0.25, 0.3) is 0 Å². The number of nitrogens with two attached hydrogens (primary N) is 1. The second-order valence-electron chi connectivity index (χ2n) is 3.15. The fraction of sp³-hybridized carbons (Fsp3) is 0.200. The first-order valence-corrected chi connectivity index (χ1v) is 4.99. The highest BCUT2D eigenvalue weighted by Crippen LogP contribution is 2.24. The molecule has 0 spiro atoms. The Morgan fingerprint density at radius 3 is 2.80 bits per heavy atom. The Kier molecular flexibility index (Phi) is 2.99. The third kappa shape index (κ3) is 2.00. The Labute approximate surface area is 92.7 Å². The summed E-state index contributed by atoms with van der Waals surface area (Å²) in [6.45, 7) is 0.438. The fourth-order valence-corrected chi connectivity index (χ4v) is 1.76. The van der Waals surface area contributed by atoms with E-state index in [0.717, 1.165) is 5.56 Å². The van der Waals surface area contributed by atoms with E-state index < -0.39 is 0 Å². The summed E-state index contributed by atoms with van der Waals surface area (Å²) >= 11 is 6.10. The molecule has 78 valence electrons. The van der Waals surface area contributed by atoms with Crippen LogP contribution in [-0.4, -0.2) is 21.3 Å². The van der Waals surface area contributed by atoms with E-state index in [0.29, 0.717) is 11.6 Å². The van der Waals surface area contributed by atoms with E-state index in [1.165, 1.54) is 6.33 Å². The number of nitrogens with zero attached hydrogens (tertiary/aromatic N) is 3. The molecule has 2 N–H and O–H groups in total. The van der Waals surface area contributed by atoms with Crippen molar-refractivity contribution in [2.24, 2.45) is 5.73 Å². The van der Waals surface area contributed by atoms with Crippen LogP contribution in [0.2, 0.25) is 5.02 Å². The van der Waals surface area contributed by atoms with Gasteiger partial charge in [0.15, 0.2) is 0 Å². The van der Waals surface area contributed by atoms with Gasteiger partial charge in [0.1, 0.15) is 12.7 Å². The molecule has 2 rings (SSSR count). The Morgan fingerprint density at radius 2 is 2.20 bits per heavy atom. The summed E-state index contributed by atoms with van der Waals surface area (Å²) in [5.74, 6) is 0. The molecule has 0 bridgehead atoms. The van der Waals surface area contributed by atoms with E-state index >= 15 is 0 Å². The number of rotatable bonds is 3. The summed E-state index contributed by atoms with van der Waals surface area (Å²) in [5, 5.41) is 4.77. The van der Waals surface area contributed by atoms with Crippen molar-refractivity contribution in [3.63, 3.8) is 0 Å². The maximum Gasteiger partial charge on any atom is 0.137 e. The maximum atomic E-state index is 6.10. The van der Waals surface area contributed by atoms with Crippen LogP contribution >= 0.6 is 11.6 Å². The standard InChI is InChI=1S/C10H11ClN4/c11-9-4-2-1-3-8(9)10(5-12)15-7-13-6-14-15/h1-4,6-7,10H,5,12H2. The molecule has 15 heavy (non-hydrogen) atoms. The van der Waals surface area contributed by atoms with Crippen molar-refractivity contribution >= 4 is 11.6 Å². The van der Waals surface area contributed by atoms with Crippen molar-refractivity contribution in [2.45, 2.75) is 6.04 Å². The molecule has 0 saturated heterocycles.